The minimum atomic E-state index is 0.00425. The van der Waals surface area contributed by atoms with Crippen LogP contribution in [0.4, 0.5) is 22.7 Å². The molecule has 8 rings (SSSR count). The molecule has 2 aromatic heterocycles. The fourth-order valence-electron chi connectivity index (χ4n) is 7.97. The summed E-state index contributed by atoms with van der Waals surface area (Å²) in [4.78, 5) is 4.84. The third-order valence-electron chi connectivity index (χ3n) is 10.5. The van der Waals surface area contributed by atoms with E-state index in [-0.39, 0.29) is 5.41 Å². The molecule has 0 radical (unpaired) electrons. The number of fused-ring (bicyclic) bond motifs is 3. The number of pyridine rings is 1. The standard InChI is InChI=1S/C50H48N4O/c1-31-24-32(2)48(33(3)25-31)36-26-34(4)49(35(5)27-36)53-44-18-11-10-17-43(44)52-38-14-13-15-39(29-38)55-40-20-21-42-41-16-9-12-19-45(41)54(46(42)30-40)47-28-37(22-23-51-47)50(6,7)8/h9-30,52-53H,1-8H3. The van der Waals surface area contributed by atoms with Gasteiger partial charge in [0.15, 0.2) is 0 Å². The Balaban J connectivity index is 1.07. The predicted octanol–water partition coefficient (Wildman–Crippen LogP) is 14.0. The van der Waals surface area contributed by atoms with Gasteiger partial charge in [0.25, 0.3) is 0 Å². The third kappa shape index (κ3) is 7.06. The van der Waals surface area contributed by atoms with Crippen LogP contribution >= 0.6 is 0 Å². The van der Waals surface area contributed by atoms with Crippen LogP contribution in [-0.2, 0) is 5.41 Å². The highest BCUT2D eigenvalue weighted by atomic mass is 16.5. The lowest BCUT2D eigenvalue weighted by atomic mass is 9.88. The van der Waals surface area contributed by atoms with Crippen molar-refractivity contribution in [1.29, 1.82) is 0 Å². The zero-order chi connectivity index (χ0) is 38.4. The fraction of sp³-hybridized carbons (Fsp3) is 0.180. The molecule has 2 N–H and O–H groups in total. The summed E-state index contributed by atoms with van der Waals surface area (Å²) in [6.07, 6.45) is 1.91. The van der Waals surface area contributed by atoms with Gasteiger partial charge in [-0.3, -0.25) is 4.57 Å². The molecule has 0 unspecified atom stereocenters. The molecule has 0 amide bonds. The number of nitrogens with one attached hydrogen (secondary N) is 2. The SMILES string of the molecule is Cc1cc(C)c(-c2cc(C)c(Nc3ccccc3Nc3cccc(Oc4ccc5c6ccccc6n(-c6cc(C(C)(C)C)ccn6)c5c4)c3)c(C)c2)c(C)c1. The molecule has 0 aliphatic carbocycles. The molecular weight excluding hydrogens is 673 g/mol. The number of aromatic nitrogens is 2. The van der Waals surface area contributed by atoms with E-state index >= 15 is 0 Å². The average molecular weight is 721 g/mol. The fourth-order valence-corrected chi connectivity index (χ4v) is 7.97. The van der Waals surface area contributed by atoms with Gasteiger partial charge in [-0.15, -0.1) is 0 Å². The molecule has 2 heterocycles. The summed E-state index contributed by atoms with van der Waals surface area (Å²) in [5.41, 5.74) is 16.3. The largest absolute Gasteiger partial charge is 0.457 e. The lowest BCUT2D eigenvalue weighted by Crippen LogP contribution is -2.12. The third-order valence-corrected chi connectivity index (χ3v) is 10.5. The van der Waals surface area contributed by atoms with Gasteiger partial charge < -0.3 is 15.4 Å². The Morgan fingerprint density at radius 1 is 0.564 bits per heavy atom. The molecule has 55 heavy (non-hydrogen) atoms. The van der Waals surface area contributed by atoms with E-state index in [9.17, 15) is 0 Å². The molecular formula is C50H48N4O. The monoisotopic (exact) mass is 720 g/mol. The van der Waals surface area contributed by atoms with Crippen molar-refractivity contribution in [1.82, 2.24) is 9.55 Å². The lowest BCUT2D eigenvalue weighted by molar-refractivity contribution is 0.483. The molecule has 0 spiro atoms. The minimum Gasteiger partial charge on any atom is -0.457 e. The van der Waals surface area contributed by atoms with Crippen LogP contribution in [0.1, 0.15) is 54.2 Å². The highest BCUT2D eigenvalue weighted by Crippen LogP contribution is 2.38. The molecule has 8 aromatic rings. The van der Waals surface area contributed by atoms with Gasteiger partial charge in [0.2, 0.25) is 0 Å². The molecule has 274 valence electrons. The van der Waals surface area contributed by atoms with E-state index in [1.54, 1.807) is 0 Å². The predicted molar refractivity (Wildman–Crippen MR) is 232 cm³/mol. The van der Waals surface area contributed by atoms with Crippen molar-refractivity contribution >= 4 is 44.6 Å². The quantitative estimate of drug-likeness (QED) is 0.164. The Hall–Kier alpha value is -6.33. The highest BCUT2D eigenvalue weighted by molar-refractivity contribution is 6.09. The van der Waals surface area contributed by atoms with Gasteiger partial charge in [0, 0.05) is 40.5 Å². The number of para-hydroxylation sites is 3. The second-order valence-corrected chi connectivity index (χ2v) is 15.9. The van der Waals surface area contributed by atoms with E-state index in [0.717, 1.165) is 56.5 Å². The summed E-state index contributed by atoms with van der Waals surface area (Å²) in [5, 5.41) is 9.76. The van der Waals surface area contributed by atoms with Crippen molar-refractivity contribution in [2.24, 2.45) is 0 Å². The van der Waals surface area contributed by atoms with Crippen LogP contribution in [0.2, 0.25) is 0 Å². The molecule has 0 saturated heterocycles. The number of aryl methyl sites for hydroxylation is 5. The zero-order valence-electron chi connectivity index (χ0n) is 33.0. The Morgan fingerprint density at radius 2 is 1.22 bits per heavy atom. The summed E-state index contributed by atoms with van der Waals surface area (Å²) in [6, 6.07) is 44.7. The van der Waals surface area contributed by atoms with Crippen molar-refractivity contribution in [3.05, 3.63) is 167 Å². The van der Waals surface area contributed by atoms with Gasteiger partial charge in [-0.1, -0.05) is 74.9 Å². The molecule has 0 saturated carbocycles. The first-order valence-electron chi connectivity index (χ1n) is 19.0. The number of rotatable bonds is 8. The average Bonchev–Trinajstić information content (AvgIpc) is 3.47. The molecule has 0 aliphatic heterocycles. The maximum Gasteiger partial charge on any atom is 0.137 e. The van der Waals surface area contributed by atoms with E-state index in [2.05, 4.69) is 180 Å². The smallest absolute Gasteiger partial charge is 0.137 e. The molecule has 0 fully saturated rings. The number of benzene rings is 6. The van der Waals surface area contributed by atoms with E-state index < -0.39 is 0 Å². The summed E-state index contributed by atoms with van der Waals surface area (Å²) in [6.45, 7) is 17.6. The van der Waals surface area contributed by atoms with Gasteiger partial charge in [-0.05, 0) is 146 Å². The van der Waals surface area contributed by atoms with Gasteiger partial charge in [0.1, 0.15) is 17.3 Å². The van der Waals surface area contributed by atoms with Gasteiger partial charge in [-0.2, -0.15) is 0 Å². The Morgan fingerprint density at radius 3 is 1.95 bits per heavy atom. The van der Waals surface area contributed by atoms with Crippen LogP contribution in [0.15, 0.2) is 134 Å². The molecule has 5 heteroatoms. The Labute approximate surface area is 324 Å². The number of hydrogen-bond donors (Lipinski definition) is 2. The second kappa shape index (κ2) is 14.1. The van der Waals surface area contributed by atoms with E-state index in [1.165, 1.54) is 49.9 Å². The second-order valence-electron chi connectivity index (χ2n) is 15.9. The van der Waals surface area contributed by atoms with Crippen molar-refractivity contribution in [3.63, 3.8) is 0 Å². The summed E-state index contributed by atoms with van der Waals surface area (Å²) < 4.78 is 8.81. The van der Waals surface area contributed by atoms with Crippen molar-refractivity contribution in [2.75, 3.05) is 10.6 Å². The van der Waals surface area contributed by atoms with Crippen LogP contribution in [0.5, 0.6) is 11.5 Å². The number of hydrogen-bond acceptors (Lipinski definition) is 4. The molecule has 0 bridgehead atoms. The van der Waals surface area contributed by atoms with E-state index in [1.807, 2.05) is 24.4 Å². The molecule has 0 atom stereocenters. The maximum atomic E-state index is 6.57. The first kappa shape index (κ1) is 35.7. The minimum absolute atomic E-state index is 0.00425. The molecule has 0 aliphatic rings. The first-order chi connectivity index (χ1) is 26.4. The van der Waals surface area contributed by atoms with Crippen LogP contribution in [-0.4, -0.2) is 9.55 Å². The van der Waals surface area contributed by atoms with E-state index in [0.29, 0.717) is 0 Å². The summed E-state index contributed by atoms with van der Waals surface area (Å²) in [5.74, 6) is 2.40. The van der Waals surface area contributed by atoms with Crippen LogP contribution in [0.3, 0.4) is 0 Å². The summed E-state index contributed by atoms with van der Waals surface area (Å²) >= 11 is 0. The highest BCUT2D eigenvalue weighted by Gasteiger charge is 2.19. The Bertz CT molecular complexity index is 2690. The van der Waals surface area contributed by atoms with Gasteiger partial charge >= 0.3 is 0 Å². The first-order valence-corrected chi connectivity index (χ1v) is 19.0. The normalized spacial score (nSPS) is 11.6. The van der Waals surface area contributed by atoms with E-state index in [4.69, 9.17) is 9.72 Å². The van der Waals surface area contributed by atoms with Crippen molar-refractivity contribution < 1.29 is 4.74 Å². The molecule has 5 nitrogen and oxygen atoms in total. The summed E-state index contributed by atoms with van der Waals surface area (Å²) in [7, 11) is 0. The van der Waals surface area contributed by atoms with Crippen molar-refractivity contribution in [2.45, 2.75) is 60.8 Å². The number of ether oxygens (including phenoxy) is 1. The van der Waals surface area contributed by atoms with Crippen LogP contribution in [0, 0.1) is 34.6 Å². The zero-order valence-corrected chi connectivity index (χ0v) is 33.0. The number of anilines is 4. The van der Waals surface area contributed by atoms with Crippen LogP contribution in [0.25, 0.3) is 38.8 Å². The van der Waals surface area contributed by atoms with Crippen molar-refractivity contribution in [3.8, 4) is 28.4 Å². The lowest BCUT2D eigenvalue weighted by Gasteiger charge is -2.20. The van der Waals surface area contributed by atoms with Gasteiger partial charge in [0.05, 0.1) is 22.4 Å². The maximum absolute atomic E-state index is 6.57. The Kier molecular flexibility index (Phi) is 9.18. The topological polar surface area (TPSA) is 51.1 Å². The number of nitrogens with zero attached hydrogens (tertiary/aromatic N) is 2. The van der Waals surface area contributed by atoms with Gasteiger partial charge in [-0.25, -0.2) is 4.98 Å². The van der Waals surface area contributed by atoms with Crippen LogP contribution < -0.4 is 15.4 Å². The molecule has 6 aromatic carbocycles.